The maximum Gasteiger partial charge on any atom is 0.339 e. The van der Waals surface area contributed by atoms with E-state index in [4.69, 9.17) is 4.74 Å². The van der Waals surface area contributed by atoms with Crippen molar-refractivity contribution in [2.75, 3.05) is 13.1 Å². The fourth-order valence-electron chi connectivity index (χ4n) is 2.56. The fraction of sp³-hybridized carbons (Fsp3) is 0.562. The van der Waals surface area contributed by atoms with E-state index >= 15 is 0 Å². The summed E-state index contributed by atoms with van der Waals surface area (Å²) in [4.78, 5) is 14.5. The Labute approximate surface area is 115 Å². The maximum atomic E-state index is 12.2. The topological polar surface area (TPSA) is 29.5 Å². The molecule has 0 amide bonds. The summed E-state index contributed by atoms with van der Waals surface area (Å²) in [6.07, 6.45) is 3.58. The molecule has 1 aliphatic heterocycles. The lowest BCUT2D eigenvalue weighted by atomic mass is 10.1. The number of benzene rings is 1. The number of carbonyl (C=O) groups excluding carboxylic acids is 1. The van der Waals surface area contributed by atoms with Crippen molar-refractivity contribution in [2.45, 2.75) is 39.3 Å². The SMILES string of the molecule is CC(C)C(OC(=O)c1ccccc1)N1CCCCC1. The van der Waals surface area contributed by atoms with Gasteiger partial charge in [-0.05, 0) is 25.0 Å². The molecule has 0 aliphatic carbocycles. The van der Waals surface area contributed by atoms with Crippen LogP contribution in [0.2, 0.25) is 0 Å². The Hall–Kier alpha value is -1.35. The van der Waals surface area contributed by atoms with Gasteiger partial charge in [-0.25, -0.2) is 4.79 Å². The molecule has 1 atom stereocenters. The smallest absolute Gasteiger partial charge is 0.339 e. The van der Waals surface area contributed by atoms with Crippen LogP contribution in [0.3, 0.4) is 0 Å². The van der Waals surface area contributed by atoms with Crippen molar-refractivity contribution >= 4 is 5.97 Å². The Balaban J connectivity index is 2.02. The lowest BCUT2D eigenvalue weighted by Crippen LogP contribution is -2.45. The van der Waals surface area contributed by atoms with Crippen molar-refractivity contribution in [1.29, 1.82) is 0 Å². The molecule has 0 N–H and O–H groups in total. The first-order valence-corrected chi connectivity index (χ1v) is 7.18. The second kappa shape index (κ2) is 6.71. The summed E-state index contributed by atoms with van der Waals surface area (Å²) >= 11 is 0. The van der Waals surface area contributed by atoms with E-state index < -0.39 is 0 Å². The van der Waals surface area contributed by atoms with Gasteiger partial charge in [-0.1, -0.05) is 38.5 Å². The number of likely N-dealkylation sites (tertiary alicyclic amines) is 1. The van der Waals surface area contributed by atoms with E-state index in [0.717, 1.165) is 13.1 Å². The van der Waals surface area contributed by atoms with Crippen molar-refractivity contribution in [1.82, 2.24) is 4.90 Å². The van der Waals surface area contributed by atoms with Crippen LogP contribution in [0.1, 0.15) is 43.5 Å². The van der Waals surface area contributed by atoms with E-state index in [2.05, 4.69) is 18.7 Å². The molecule has 0 aromatic heterocycles. The van der Waals surface area contributed by atoms with Crippen LogP contribution in [0.4, 0.5) is 0 Å². The first-order valence-electron chi connectivity index (χ1n) is 7.18. The van der Waals surface area contributed by atoms with Crippen LogP contribution in [-0.2, 0) is 4.74 Å². The van der Waals surface area contributed by atoms with Gasteiger partial charge in [0.25, 0.3) is 0 Å². The molecule has 0 radical (unpaired) electrons. The molecule has 0 saturated carbocycles. The number of rotatable bonds is 4. The molecular formula is C16H23NO2. The van der Waals surface area contributed by atoms with Crippen LogP contribution in [0.15, 0.2) is 30.3 Å². The Bertz CT molecular complexity index is 396. The largest absolute Gasteiger partial charge is 0.442 e. The summed E-state index contributed by atoms with van der Waals surface area (Å²) in [6, 6.07) is 9.23. The van der Waals surface area contributed by atoms with E-state index in [1.54, 1.807) is 12.1 Å². The highest BCUT2D eigenvalue weighted by molar-refractivity contribution is 5.89. The third kappa shape index (κ3) is 3.80. The number of nitrogens with zero attached hydrogens (tertiary/aromatic N) is 1. The standard InChI is InChI=1S/C16H23NO2/c1-13(2)15(17-11-7-4-8-12-17)19-16(18)14-9-5-3-6-10-14/h3,5-6,9-10,13,15H,4,7-8,11-12H2,1-2H3. The van der Waals surface area contributed by atoms with Crippen LogP contribution >= 0.6 is 0 Å². The van der Waals surface area contributed by atoms with Crippen molar-refractivity contribution < 1.29 is 9.53 Å². The third-order valence-corrected chi connectivity index (χ3v) is 3.56. The van der Waals surface area contributed by atoms with Crippen molar-refractivity contribution in [2.24, 2.45) is 5.92 Å². The van der Waals surface area contributed by atoms with Crippen LogP contribution in [0.5, 0.6) is 0 Å². The zero-order valence-electron chi connectivity index (χ0n) is 11.8. The van der Waals surface area contributed by atoms with E-state index in [-0.39, 0.29) is 12.2 Å². The van der Waals surface area contributed by atoms with Gasteiger partial charge in [0.1, 0.15) is 0 Å². The molecule has 1 aromatic rings. The van der Waals surface area contributed by atoms with E-state index in [1.807, 2.05) is 18.2 Å². The van der Waals surface area contributed by atoms with Gasteiger partial charge in [0, 0.05) is 19.0 Å². The minimum atomic E-state index is -0.218. The second-order valence-corrected chi connectivity index (χ2v) is 5.50. The molecule has 19 heavy (non-hydrogen) atoms. The number of hydrogen-bond acceptors (Lipinski definition) is 3. The zero-order valence-corrected chi connectivity index (χ0v) is 11.8. The fourth-order valence-corrected chi connectivity index (χ4v) is 2.56. The monoisotopic (exact) mass is 261 g/mol. The molecule has 104 valence electrons. The number of carbonyl (C=O) groups is 1. The van der Waals surface area contributed by atoms with E-state index in [0.29, 0.717) is 11.5 Å². The summed E-state index contributed by atoms with van der Waals surface area (Å²) < 4.78 is 5.72. The maximum absolute atomic E-state index is 12.2. The summed E-state index contributed by atoms with van der Waals surface area (Å²) in [5.41, 5.74) is 0.630. The summed E-state index contributed by atoms with van der Waals surface area (Å²) in [5, 5.41) is 0. The van der Waals surface area contributed by atoms with E-state index in [9.17, 15) is 4.79 Å². The summed E-state index contributed by atoms with van der Waals surface area (Å²) in [7, 11) is 0. The summed E-state index contributed by atoms with van der Waals surface area (Å²) in [6.45, 7) is 6.28. The summed E-state index contributed by atoms with van der Waals surface area (Å²) in [5.74, 6) is 0.0932. The molecule has 1 aromatic carbocycles. The van der Waals surface area contributed by atoms with Crippen LogP contribution in [0, 0.1) is 5.92 Å². The molecule has 1 fully saturated rings. The molecule has 1 saturated heterocycles. The third-order valence-electron chi connectivity index (χ3n) is 3.56. The number of hydrogen-bond donors (Lipinski definition) is 0. The van der Waals surface area contributed by atoms with Gasteiger partial charge in [-0.2, -0.15) is 0 Å². The average molecular weight is 261 g/mol. The minimum Gasteiger partial charge on any atom is -0.442 e. The number of ether oxygens (including phenoxy) is 1. The van der Waals surface area contributed by atoms with Gasteiger partial charge in [0.05, 0.1) is 5.56 Å². The van der Waals surface area contributed by atoms with E-state index in [1.165, 1.54) is 19.3 Å². The van der Waals surface area contributed by atoms with Crippen LogP contribution < -0.4 is 0 Å². The predicted molar refractivity (Wildman–Crippen MR) is 75.9 cm³/mol. The van der Waals surface area contributed by atoms with Crippen molar-refractivity contribution in [3.63, 3.8) is 0 Å². The van der Waals surface area contributed by atoms with Gasteiger partial charge in [0.2, 0.25) is 0 Å². The molecule has 3 heteroatoms. The quantitative estimate of drug-likeness (QED) is 0.779. The second-order valence-electron chi connectivity index (χ2n) is 5.50. The highest BCUT2D eigenvalue weighted by Gasteiger charge is 2.27. The van der Waals surface area contributed by atoms with Gasteiger partial charge in [-0.3, -0.25) is 4.90 Å². The minimum absolute atomic E-state index is 0.104. The van der Waals surface area contributed by atoms with Crippen molar-refractivity contribution in [3.8, 4) is 0 Å². The Kier molecular flexibility index (Phi) is 4.97. The normalized spacial score (nSPS) is 18.3. The van der Waals surface area contributed by atoms with Gasteiger partial charge >= 0.3 is 5.97 Å². The van der Waals surface area contributed by atoms with Gasteiger partial charge in [-0.15, -0.1) is 0 Å². The Morgan fingerprint density at radius 2 is 1.74 bits per heavy atom. The molecule has 1 aliphatic rings. The molecule has 0 bridgehead atoms. The first-order chi connectivity index (χ1) is 9.18. The number of esters is 1. The Morgan fingerprint density at radius 1 is 1.11 bits per heavy atom. The molecule has 1 heterocycles. The van der Waals surface area contributed by atoms with Crippen LogP contribution in [-0.4, -0.2) is 30.2 Å². The van der Waals surface area contributed by atoms with Gasteiger partial charge < -0.3 is 4.74 Å². The number of piperidine rings is 1. The van der Waals surface area contributed by atoms with Crippen LogP contribution in [0.25, 0.3) is 0 Å². The average Bonchev–Trinajstić information content (AvgIpc) is 2.46. The molecule has 2 rings (SSSR count). The molecular weight excluding hydrogens is 238 g/mol. The lowest BCUT2D eigenvalue weighted by Gasteiger charge is -2.36. The highest BCUT2D eigenvalue weighted by Crippen LogP contribution is 2.19. The van der Waals surface area contributed by atoms with Crippen molar-refractivity contribution in [3.05, 3.63) is 35.9 Å². The Morgan fingerprint density at radius 3 is 2.32 bits per heavy atom. The first kappa shape index (κ1) is 14.1. The lowest BCUT2D eigenvalue weighted by molar-refractivity contribution is -0.0621. The predicted octanol–water partition coefficient (Wildman–Crippen LogP) is 3.31. The van der Waals surface area contributed by atoms with Gasteiger partial charge in [0.15, 0.2) is 6.23 Å². The molecule has 1 unspecified atom stereocenters. The molecule has 0 spiro atoms. The highest BCUT2D eigenvalue weighted by atomic mass is 16.6. The zero-order chi connectivity index (χ0) is 13.7. The molecule has 3 nitrogen and oxygen atoms in total.